The van der Waals surface area contributed by atoms with E-state index >= 15 is 0 Å². The normalized spacial score (nSPS) is 12.6. The molecule has 0 aromatic heterocycles. The van der Waals surface area contributed by atoms with Crippen LogP contribution < -0.4 is 9.50 Å². The molecule has 1 aromatic rings. The lowest BCUT2D eigenvalue weighted by Crippen LogP contribution is -2.29. The van der Waals surface area contributed by atoms with Gasteiger partial charge in [0.05, 0.1) is 24.8 Å². The molecule has 1 rings (SSSR count). The molecule has 0 bridgehead atoms. The van der Waals surface area contributed by atoms with Crippen LogP contribution in [0.25, 0.3) is 0 Å². The zero-order valence-electron chi connectivity index (χ0n) is 13.5. The average molecular weight is 343 g/mol. The minimum Gasteiger partial charge on any atom is -0.463 e. The fourth-order valence-electron chi connectivity index (χ4n) is 1.91. The fourth-order valence-corrected chi connectivity index (χ4v) is 2.37. The van der Waals surface area contributed by atoms with Gasteiger partial charge < -0.3 is 14.2 Å². The monoisotopic (exact) mass is 343 g/mol. The van der Waals surface area contributed by atoms with Crippen molar-refractivity contribution in [2.45, 2.75) is 39.3 Å². The Morgan fingerprint density at radius 3 is 2.17 bits per heavy atom. The van der Waals surface area contributed by atoms with Gasteiger partial charge in [0, 0.05) is 6.92 Å². The topological polar surface area (TPSA) is 98.8 Å². The van der Waals surface area contributed by atoms with E-state index in [-0.39, 0.29) is 24.2 Å². The fraction of sp³-hybridized carbons (Fsp3) is 0.467. The maximum atomic E-state index is 11.8. The predicted molar refractivity (Wildman–Crippen MR) is 84.3 cm³/mol. The van der Waals surface area contributed by atoms with E-state index in [1.54, 1.807) is 26.0 Å². The molecule has 0 aliphatic rings. The zero-order chi connectivity index (χ0) is 17.6. The van der Waals surface area contributed by atoms with Gasteiger partial charge in [-0.1, -0.05) is 12.1 Å². The highest BCUT2D eigenvalue weighted by Gasteiger charge is 2.19. The second-order valence-electron chi connectivity index (χ2n) is 5.35. The minimum absolute atomic E-state index is 0.0238. The quantitative estimate of drug-likeness (QED) is 0.596. The van der Waals surface area contributed by atoms with E-state index in [0.717, 1.165) is 6.26 Å². The van der Waals surface area contributed by atoms with E-state index in [4.69, 9.17) is 8.92 Å². The maximum Gasteiger partial charge on any atom is 0.308 e. The number of amides is 1. The number of rotatable bonds is 7. The molecule has 0 aliphatic heterocycles. The molecule has 7 nitrogen and oxygen atoms in total. The third-order valence-electron chi connectivity index (χ3n) is 2.65. The van der Waals surface area contributed by atoms with Crippen LogP contribution in [0.15, 0.2) is 24.3 Å². The Labute approximate surface area is 136 Å². The number of carbonyl (C=O) groups is 2. The number of benzene rings is 1. The number of hydrogen-bond donors (Lipinski definition) is 1. The Hall–Kier alpha value is -2.09. The third-order valence-corrected chi connectivity index (χ3v) is 3.14. The summed E-state index contributed by atoms with van der Waals surface area (Å²) in [7, 11) is -3.61. The summed E-state index contributed by atoms with van der Waals surface area (Å²) >= 11 is 0. The lowest BCUT2D eigenvalue weighted by Gasteiger charge is -2.18. The molecule has 0 saturated heterocycles. The molecular formula is C15H21NO6S. The van der Waals surface area contributed by atoms with Crippen molar-refractivity contribution in [2.24, 2.45) is 0 Å². The summed E-state index contributed by atoms with van der Waals surface area (Å²) < 4.78 is 32.0. The van der Waals surface area contributed by atoms with E-state index in [0.29, 0.717) is 5.56 Å². The van der Waals surface area contributed by atoms with Gasteiger partial charge in [-0.3, -0.25) is 9.59 Å². The van der Waals surface area contributed by atoms with Crippen molar-refractivity contribution in [3.8, 4) is 5.75 Å². The van der Waals surface area contributed by atoms with Gasteiger partial charge in [-0.25, -0.2) is 0 Å². The number of ether oxygens (including phenoxy) is 1. The molecule has 1 unspecified atom stereocenters. The molecule has 0 radical (unpaired) electrons. The van der Waals surface area contributed by atoms with Crippen molar-refractivity contribution >= 4 is 22.0 Å². The highest BCUT2D eigenvalue weighted by atomic mass is 32.2. The van der Waals surface area contributed by atoms with Crippen LogP contribution >= 0.6 is 0 Å². The lowest BCUT2D eigenvalue weighted by molar-refractivity contribution is -0.148. The highest BCUT2D eigenvalue weighted by Crippen LogP contribution is 2.22. The van der Waals surface area contributed by atoms with Crippen molar-refractivity contribution < 1.29 is 26.9 Å². The third kappa shape index (κ3) is 7.64. The molecule has 1 amide bonds. The first kappa shape index (κ1) is 19.0. The van der Waals surface area contributed by atoms with Gasteiger partial charge in [-0.2, -0.15) is 8.42 Å². The van der Waals surface area contributed by atoms with Gasteiger partial charge >= 0.3 is 16.1 Å². The highest BCUT2D eigenvalue weighted by molar-refractivity contribution is 7.86. The Bertz CT molecular complexity index is 651. The van der Waals surface area contributed by atoms with Crippen molar-refractivity contribution in [1.82, 2.24) is 5.32 Å². The zero-order valence-corrected chi connectivity index (χ0v) is 14.3. The molecular weight excluding hydrogens is 322 g/mol. The molecule has 0 heterocycles. The van der Waals surface area contributed by atoms with Crippen LogP contribution in [-0.4, -0.2) is 32.7 Å². The van der Waals surface area contributed by atoms with Crippen LogP contribution in [0.2, 0.25) is 0 Å². The molecule has 128 valence electrons. The second-order valence-corrected chi connectivity index (χ2v) is 6.93. The van der Waals surface area contributed by atoms with Crippen LogP contribution in [-0.2, 0) is 24.4 Å². The van der Waals surface area contributed by atoms with E-state index < -0.39 is 22.1 Å². The first-order valence-corrected chi connectivity index (χ1v) is 8.84. The summed E-state index contributed by atoms with van der Waals surface area (Å²) in [6, 6.07) is 5.52. The van der Waals surface area contributed by atoms with E-state index in [1.807, 2.05) is 0 Å². The van der Waals surface area contributed by atoms with Crippen LogP contribution in [0.5, 0.6) is 5.75 Å². The summed E-state index contributed by atoms with van der Waals surface area (Å²) in [5.74, 6) is -0.568. The summed E-state index contributed by atoms with van der Waals surface area (Å²) in [6.45, 7) is 4.83. The Kier molecular flexibility index (Phi) is 6.56. The van der Waals surface area contributed by atoms with Crippen LogP contribution in [0.1, 0.15) is 38.8 Å². The van der Waals surface area contributed by atoms with Gasteiger partial charge in [-0.15, -0.1) is 0 Å². The van der Waals surface area contributed by atoms with Crippen molar-refractivity contribution in [1.29, 1.82) is 0 Å². The van der Waals surface area contributed by atoms with Crippen molar-refractivity contribution in [3.63, 3.8) is 0 Å². The molecule has 1 atom stereocenters. The summed E-state index contributed by atoms with van der Waals surface area (Å²) in [5, 5.41) is 2.67. The van der Waals surface area contributed by atoms with Gasteiger partial charge in [0.25, 0.3) is 0 Å². The number of hydrogen-bond acceptors (Lipinski definition) is 6. The van der Waals surface area contributed by atoms with Gasteiger partial charge in [0.1, 0.15) is 5.75 Å². The first-order chi connectivity index (χ1) is 10.6. The predicted octanol–water partition coefficient (Wildman–Crippen LogP) is 1.54. The van der Waals surface area contributed by atoms with Crippen molar-refractivity contribution in [2.75, 3.05) is 6.26 Å². The average Bonchev–Trinajstić information content (AvgIpc) is 2.35. The number of nitrogens with one attached hydrogen (secondary N) is 1. The van der Waals surface area contributed by atoms with Crippen LogP contribution in [0.3, 0.4) is 0 Å². The first-order valence-electron chi connectivity index (χ1n) is 7.03. The van der Waals surface area contributed by atoms with E-state index in [2.05, 4.69) is 5.32 Å². The summed E-state index contributed by atoms with van der Waals surface area (Å²) in [4.78, 5) is 23.1. The molecule has 0 aliphatic carbocycles. The van der Waals surface area contributed by atoms with E-state index in [1.165, 1.54) is 19.1 Å². The van der Waals surface area contributed by atoms with Gasteiger partial charge in [0.2, 0.25) is 5.91 Å². The molecule has 1 N–H and O–H groups in total. The number of carbonyl (C=O) groups excluding carboxylic acids is 2. The molecule has 8 heteroatoms. The molecule has 1 aromatic carbocycles. The summed E-state index contributed by atoms with van der Waals surface area (Å²) in [5.41, 5.74) is 0.641. The van der Waals surface area contributed by atoms with Gasteiger partial charge in [-0.05, 0) is 31.5 Å². The smallest absolute Gasteiger partial charge is 0.308 e. The van der Waals surface area contributed by atoms with E-state index in [9.17, 15) is 18.0 Å². The van der Waals surface area contributed by atoms with Crippen molar-refractivity contribution in [3.05, 3.63) is 29.8 Å². The molecule has 0 spiro atoms. The standard InChI is InChI=1S/C15H21NO6S/c1-10(2)21-15(18)9-14(16-11(3)17)12-5-7-13(8-6-12)22-23(4,19)20/h5-8,10,14H,9H2,1-4H3,(H,16,17). The maximum absolute atomic E-state index is 11.8. The lowest BCUT2D eigenvalue weighted by atomic mass is 10.0. The molecule has 23 heavy (non-hydrogen) atoms. The summed E-state index contributed by atoms with van der Waals surface area (Å²) in [6.07, 6.45) is 0.679. The second kappa shape index (κ2) is 7.96. The van der Waals surface area contributed by atoms with Gasteiger partial charge in [0.15, 0.2) is 0 Å². The largest absolute Gasteiger partial charge is 0.463 e. The Morgan fingerprint density at radius 2 is 1.74 bits per heavy atom. The Balaban J connectivity index is 2.89. The van der Waals surface area contributed by atoms with Crippen LogP contribution in [0, 0.1) is 0 Å². The Morgan fingerprint density at radius 1 is 1.17 bits per heavy atom. The molecule has 0 fully saturated rings. The number of esters is 1. The SMILES string of the molecule is CC(=O)NC(CC(=O)OC(C)C)c1ccc(OS(C)(=O)=O)cc1. The molecule has 0 saturated carbocycles. The van der Waals surface area contributed by atoms with Crippen LogP contribution in [0.4, 0.5) is 0 Å². The minimum atomic E-state index is -3.61.